The molecule has 5 nitrogen and oxygen atoms in total. The molecule has 29 heavy (non-hydrogen) atoms. The van der Waals surface area contributed by atoms with Crippen molar-refractivity contribution >= 4 is 22.4 Å². The number of carbonyl (C=O) groups is 1. The van der Waals surface area contributed by atoms with Crippen LogP contribution in [0.1, 0.15) is 27.3 Å². The number of anilines is 1. The SMILES string of the molecule is O=C(c1ccccc1F)N1CCCN(c2nnc(Cc3ccc(F)cc3)s2)CC1. The average molecular weight is 414 g/mol. The third-order valence-corrected chi connectivity index (χ3v) is 5.87. The average Bonchev–Trinajstić information content (AvgIpc) is 3.04. The first kappa shape index (κ1) is 19.4. The molecule has 2 aromatic carbocycles. The summed E-state index contributed by atoms with van der Waals surface area (Å²) in [6, 6.07) is 12.4. The van der Waals surface area contributed by atoms with Gasteiger partial charge in [0, 0.05) is 32.6 Å². The predicted molar refractivity (Wildman–Crippen MR) is 108 cm³/mol. The number of hydrogen-bond donors (Lipinski definition) is 0. The van der Waals surface area contributed by atoms with Crippen molar-refractivity contribution in [1.82, 2.24) is 15.1 Å². The lowest BCUT2D eigenvalue weighted by Crippen LogP contribution is -2.35. The highest BCUT2D eigenvalue weighted by molar-refractivity contribution is 7.15. The summed E-state index contributed by atoms with van der Waals surface area (Å²) < 4.78 is 27.0. The van der Waals surface area contributed by atoms with E-state index in [0.29, 0.717) is 26.1 Å². The Balaban J connectivity index is 1.40. The molecule has 2 heterocycles. The van der Waals surface area contributed by atoms with E-state index < -0.39 is 5.82 Å². The van der Waals surface area contributed by atoms with Crippen molar-refractivity contribution in [1.29, 1.82) is 0 Å². The van der Waals surface area contributed by atoms with Crippen LogP contribution in [0.25, 0.3) is 0 Å². The lowest BCUT2D eigenvalue weighted by molar-refractivity contribution is 0.0762. The van der Waals surface area contributed by atoms with Crippen LogP contribution in [0.5, 0.6) is 0 Å². The first-order chi connectivity index (χ1) is 14.1. The van der Waals surface area contributed by atoms with Gasteiger partial charge in [-0.05, 0) is 36.2 Å². The van der Waals surface area contributed by atoms with E-state index in [1.54, 1.807) is 29.2 Å². The maximum atomic E-state index is 13.9. The molecule has 0 saturated carbocycles. The molecule has 1 aliphatic heterocycles. The van der Waals surface area contributed by atoms with Crippen molar-refractivity contribution in [3.63, 3.8) is 0 Å². The molecule has 0 bridgehead atoms. The Morgan fingerprint density at radius 2 is 1.76 bits per heavy atom. The largest absolute Gasteiger partial charge is 0.345 e. The summed E-state index contributed by atoms with van der Waals surface area (Å²) >= 11 is 1.50. The maximum Gasteiger partial charge on any atom is 0.256 e. The van der Waals surface area contributed by atoms with Crippen molar-refractivity contribution in [2.75, 3.05) is 31.1 Å². The molecule has 150 valence electrons. The lowest BCUT2D eigenvalue weighted by atomic mass is 10.2. The minimum absolute atomic E-state index is 0.110. The molecule has 0 radical (unpaired) electrons. The Morgan fingerprint density at radius 3 is 2.55 bits per heavy atom. The van der Waals surface area contributed by atoms with Gasteiger partial charge >= 0.3 is 0 Å². The van der Waals surface area contributed by atoms with Crippen LogP contribution in [0.3, 0.4) is 0 Å². The normalized spacial score (nSPS) is 14.7. The van der Waals surface area contributed by atoms with Crippen molar-refractivity contribution < 1.29 is 13.6 Å². The van der Waals surface area contributed by atoms with E-state index >= 15 is 0 Å². The fraction of sp³-hybridized carbons (Fsp3) is 0.286. The van der Waals surface area contributed by atoms with Crippen molar-refractivity contribution in [2.24, 2.45) is 0 Å². The van der Waals surface area contributed by atoms with Gasteiger partial charge in [-0.25, -0.2) is 8.78 Å². The number of aromatic nitrogens is 2. The van der Waals surface area contributed by atoms with Crippen LogP contribution >= 0.6 is 11.3 Å². The number of amides is 1. The van der Waals surface area contributed by atoms with Gasteiger partial charge in [-0.2, -0.15) is 0 Å². The van der Waals surface area contributed by atoms with E-state index in [2.05, 4.69) is 15.1 Å². The predicted octanol–water partition coefficient (Wildman–Crippen LogP) is 3.76. The van der Waals surface area contributed by atoms with Crippen molar-refractivity contribution in [2.45, 2.75) is 12.8 Å². The van der Waals surface area contributed by atoms with Gasteiger partial charge in [0.2, 0.25) is 5.13 Å². The molecule has 1 saturated heterocycles. The minimum Gasteiger partial charge on any atom is -0.345 e. The summed E-state index contributed by atoms with van der Waals surface area (Å²) in [6.45, 7) is 2.45. The fourth-order valence-corrected chi connectivity index (χ4v) is 4.26. The quantitative estimate of drug-likeness (QED) is 0.652. The fourth-order valence-electron chi connectivity index (χ4n) is 3.34. The molecule has 0 unspecified atom stereocenters. The summed E-state index contributed by atoms with van der Waals surface area (Å²) in [7, 11) is 0. The monoisotopic (exact) mass is 414 g/mol. The van der Waals surface area contributed by atoms with Gasteiger partial charge < -0.3 is 9.80 Å². The Hall–Kier alpha value is -2.87. The third-order valence-electron chi connectivity index (χ3n) is 4.88. The molecule has 0 atom stereocenters. The molecule has 4 rings (SSSR count). The van der Waals surface area contributed by atoms with Crippen molar-refractivity contribution in [3.8, 4) is 0 Å². The number of hydrogen-bond acceptors (Lipinski definition) is 5. The first-order valence-electron chi connectivity index (χ1n) is 9.46. The summed E-state index contributed by atoms with van der Waals surface area (Å²) in [5.74, 6) is -1.03. The van der Waals surface area contributed by atoms with Gasteiger partial charge in [0.1, 0.15) is 16.6 Å². The van der Waals surface area contributed by atoms with Crippen LogP contribution in [0.2, 0.25) is 0 Å². The minimum atomic E-state index is -0.492. The summed E-state index contributed by atoms with van der Waals surface area (Å²) in [5, 5.41) is 10.2. The van der Waals surface area contributed by atoms with Crippen LogP contribution in [-0.4, -0.2) is 47.2 Å². The van der Waals surface area contributed by atoms with Crippen LogP contribution in [0, 0.1) is 11.6 Å². The summed E-state index contributed by atoms with van der Waals surface area (Å²) in [6.07, 6.45) is 1.37. The number of nitrogens with zero attached hydrogens (tertiary/aromatic N) is 4. The second-order valence-corrected chi connectivity index (χ2v) is 7.93. The van der Waals surface area contributed by atoms with Crippen molar-refractivity contribution in [3.05, 3.63) is 76.3 Å². The van der Waals surface area contributed by atoms with Gasteiger partial charge in [-0.3, -0.25) is 4.79 Å². The van der Waals surface area contributed by atoms with Gasteiger partial charge in [-0.1, -0.05) is 35.6 Å². The van der Waals surface area contributed by atoms with E-state index in [1.807, 2.05) is 0 Å². The molecule has 1 fully saturated rings. The molecule has 1 aliphatic rings. The number of benzene rings is 2. The number of carbonyl (C=O) groups excluding carboxylic acids is 1. The van der Waals surface area contributed by atoms with E-state index in [9.17, 15) is 13.6 Å². The second kappa shape index (κ2) is 8.65. The highest BCUT2D eigenvalue weighted by atomic mass is 32.1. The van der Waals surface area contributed by atoms with E-state index in [0.717, 1.165) is 28.7 Å². The topological polar surface area (TPSA) is 49.3 Å². The smallest absolute Gasteiger partial charge is 0.256 e. The molecule has 8 heteroatoms. The zero-order valence-corrected chi connectivity index (χ0v) is 16.5. The molecule has 0 aliphatic carbocycles. The Morgan fingerprint density at radius 1 is 0.966 bits per heavy atom. The van der Waals surface area contributed by atoms with Crippen LogP contribution in [0.4, 0.5) is 13.9 Å². The van der Waals surface area contributed by atoms with Crippen LogP contribution in [0.15, 0.2) is 48.5 Å². The first-order valence-corrected chi connectivity index (χ1v) is 10.3. The maximum absolute atomic E-state index is 13.9. The number of halogens is 2. The van der Waals surface area contributed by atoms with Gasteiger partial charge in [-0.15, -0.1) is 10.2 Å². The van der Waals surface area contributed by atoms with Gasteiger partial charge in [0.25, 0.3) is 5.91 Å². The van der Waals surface area contributed by atoms with Crippen LogP contribution < -0.4 is 4.90 Å². The third kappa shape index (κ3) is 4.59. The zero-order chi connectivity index (χ0) is 20.2. The van der Waals surface area contributed by atoms with E-state index in [4.69, 9.17) is 0 Å². The molecule has 0 spiro atoms. The Kier molecular flexibility index (Phi) is 5.80. The lowest BCUT2D eigenvalue weighted by Gasteiger charge is -2.21. The van der Waals surface area contributed by atoms with E-state index in [-0.39, 0.29) is 17.3 Å². The molecule has 3 aromatic rings. The highest BCUT2D eigenvalue weighted by Crippen LogP contribution is 2.24. The van der Waals surface area contributed by atoms with Gasteiger partial charge in [0.15, 0.2) is 0 Å². The molecule has 1 aromatic heterocycles. The molecule has 0 N–H and O–H groups in total. The highest BCUT2D eigenvalue weighted by Gasteiger charge is 2.23. The standard InChI is InChI=1S/C21H20F2N4OS/c22-16-8-6-15(7-9-16)14-19-24-25-21(29-19)27-11-3-10-26(12-13-27)20(28)17-4-1-2-5-18(17)23/h1-2,4-9H,3,10-14H2. The molecular weight excluding hydrogens is 394 g/mol. The Labute approximate surface area is 171 Å². The van der Waals surface area contributed by atoms with Crippen LogP contribution in [-0.2, 0) is 6.42 Å². The van der Waals surface area contributed by atoms with Gasteiger partial charge in [0.05, 0.1) is 5.56 Å². The zero-order valence-electron chi connectivity index (χ0n) is 15.7. The molecule has 1 amide bonds. The second-order valence-electron chi connectivity index (χ2n) is 6.89. The Bertz CT molecular complexity index is 992. The summed E-state index contributed by atoms with van der Waals surface area (Å²) in [4.78, 5) is 16.5. The number of rotatable bonds is 4. The molecular formula is C21H20F2N4OS. The summed E-state index contributed by atoms with van der Waals surface area (Å²) in [5.41, 5.74) is 1.09. The van der Waals surface area contributed by atoms with E-state index in [1.165, 1.54) is 35.6 Å².